The predicted molar refractivity (Wildman–Crippen MR) is 61.4 cm³/mol. The van der Waals surface area contributed by atoms with Crippen LogP contribution >= 0.6 is 27.3 Å². The van der Waals surface area contributed by atoms with Crippen LogP contribution < -0.4 is 0 Å². The molecule has 0 radical (unpaired) electrons. The van der Waals surface area contributed by atoms with Gasteiger partial charge in [0, 0.05) is 27.1 Å². The van der Waals surface area contributed by atoms with Crippen LogP contribution in [-0.4, -0.2) is 16.7 Å². The molecule has 0 aromatic carbocycles. The van der Waals surface area contributed by atoms with Crippen LogP contribution in [0, 0.1) is 5.92 Å². The number of imide groups is 1. The van der Waals surface area contributed by atoms with E-state index >= 15 is 0 Å². The zero-order valence-corrected chi connectivity index (χ0v) is 10.6. The van der Waals surface area contributed by atoms with E-state index in [-0.39, 0.29) is 17.7 Å². The van der Waals surface area contributed by atoms with Gasteiger partial charge in [-0.15, -0.1) is 11.3 Å². The summed E-state index contributed by atoms with van der Waals surface area (Å²) in [6, 6.07) is 1.94. The van der Waals surface area contributed by atoms with E-state index in [1.807, 2.05) is 11.4 Å². The van der Waals surface area contributed by atoms with Gasteiger partial charge in [-0.3, -0.25) is 14.5 Å². The van der Waals surface area contributed by atoms with Crippen molar-refractivity contribution in [1.82, 2.24) is 4.90 Å². The second-order valence-corrected chi connectivity index (χ2v) is 5.57. The maximum Gasteiger partial charge on any atom is 0.232 e. The Hall–Kier alpha value is -0.680. The number of halogens is 1. The van der Waals surface area contributed by atoms with Crippen LogP contribution in [0.3, 0.4) is 0 Å². The maximum atomic E-state index is 11.6. The smallest absolute Gasteiger partial charge is 0.232 e. The average molecular weight is 288 g/mol. The summed E-state index contributed by atoms with van der Waals surface area (Å²) in [5, 5.41) is 1.95. The molecule has 2 heterocycles. The normalized spacial score (nSPS) is 21.5. The number of nitrogens with zero attached hydrogens (tertiary/aromatic N) is 1. The van der Waals surface area contributed by atoms with Gasteiger partial charge in [0.2, 0.25) is 11.8 Å². The van der Waals surface area contributed by atoms with Crippen molar-refractivity contribution in [2.24, 2.45) is 5.92 Å². The molecule has 15 heavy (non-hydrogen) atoms. The molecule has 1 atom stereocenters. The molecule has 1 unspecified atom stereocenters. The van der Waals surface area contributed by atoms with Crippen molar-refractivity contribution >= 4 is 39.1 Å². The lowest BCUT2D eigenvalue weighted by atomic mass is 10.1. The quantitative estimate of drug-likeness (QED) is 0.784. The number of carbonyl (C=O) groups is 2. The molecule has 3 nitrogen and oxygen atoms in total. The molecule has 0 N–H and O–H groups in total. The number of amides is 2. The zero-order chi connectivity index (χ0) is 11.0. The summed E-state index contributed by atoms with van der Waals surface area (Å²) in [7, 11) is 0. The summed E-state index contributed by atoms with van der Waals surface area (Å²) in [5.41, 5.74) is 0. The van der Waals surface area contributed by atoms with Crippen LogP contribution in [-0.2, 0) is 16.1 Å². The molecule has 80 valence electrons. The van der Waals surface area contributed by atoms with Crippen molar-refractivity contribution in [3.63, 3.8) is 0 Å². The van der Waals surface area contributed by atoms with Crippen LogP contribution in [0.1, 0.15) is 18.2 Å². The second kappa shape index (κ2) is 4.06. The van der Waals surface area contributed by atoms with Gasteiger partial charge in [0.25, 0.3) is 0 Å². The fraction of sp³-hybridized carbons (Fsp3) is 0.400. The summed E-state index contributed by atoms with van der Waals surface area (Å²) in [4.78, 5) is 25.5. The SMILES string of the molecule is CC1CC(=O)N(Cc2cc(Br)cs2)C1=O. The Kier molecular flexibility index (Phi) is 2.93. The van der Waals surface area contributed by atoms with Crippen LogP contribution in [0.4, 0.5) is 0 Å². The fourth-order valence-corrected chi connectivity index (χ4v) is 3.05. The van der Waals surface area contributed by atoms with Crippen molar-refractivity contribution in [3.05, 3.63) is 20.8 Å². The van der Waals surface area contributed by atoms with Gasteiger partial charge in [-0.25, -0.2) is 0 Å². The summed E-state index contributed by atoms with van der Waals surface area (Å²) in [6.45, 7) is 2.21. The van der Waals surface area contributed by atoms with E-state index in [4.69, 9.17) is 0 Å². The number of hydrogen-bond donors (Lipinski definition) is 0. The predicted octanol–water partition coefficient (Wildman–Crippen LogP) is 2.41. The van der Waals surface area contributed by atoms with Gasteiger partial charge in [-0.1, -0.05) is 6.92 Å². The molecule has 1 aromatic rings. The Balaban J connectivity index is 2.12. The summed E-state index contributed by atoms with van der Waals surface area (Å²) >= 11 is 4.89. The van der Waals surface area contributed by atoms with E-state index in [9.17, 15) is 9.59 Å². The average Bonchev–Trinajstić information content (AvgIpc) is 2.67. The van der Waals surface area contributed by atoms with Gasteiger partial charge >= 0.3 is 0 Å². The fourth-order valence-electron chi connectivity index (χ4n) is 1.61. The van der Waals surface area contributed by atoms with E-state index in [1.54, 1.807) is 18.3 Å². The van der Waals surface area contributed by atoms with E-state index in [2.05, 4.69) is 15.9 Å². The molecule has 1 fully saturated rings. The summed E-state index contributed by atoms with van der Waals surface area (Å²) < 4.78 is 0.995. The highest BCUT2D eigenvalue weighted by molar-refractivity contribution is 9.10. The Morgan fingerprint density at radius 2 is 2.33 bits per heavy atom. The van der Waals surface area contributed by atoms with Gasteiger partial charge in [-0.05, 0) is 22.0 Å². The van der Waals surface area contributed by atoms with Crippen molar-refractivity contribution in [3.8, 4) is 0 Å². The Morgan fingerprint density at radius 3 is 2.80 bits per heavy atom. The molecule has 1 saturated heterocycles. The third kappa shape index (κ3) is 2.13. The lowest BCUT2D eigenvalue weighted by Gasteiger charge is -2.12. The van der Waals surface area contributed by atoms with Gasteiger partial charge in [0.15, 0.2) is 0 Å². The van der Waals surface area contributed by atoms with E-state index < -0.39 is 0 Å². The highest BCUT2D eigenvalue weighted by atomic mass is 79.9. The standard InChI is InChI=1S/C10H10BrNO2S/c1-6-2-9(13)12(10(6)14)4-8-3-7(11)5-15-8/h3,5-6H,2,4H2,1H3. The minimum absolute atomic E-state index is 0.0514. The molecule has 5 heteroatoms. The molecule has 0 saturated carbocycles. The van der Waals surface area contributed by atoms with Crippen molar-refractivity contribution in [2.75, 3.05) is 0 Å². The Bertz CT molecular complexity index is 415. The van der Waals surface area contributed by atoms with Crippen LogP contribution in [0.15, 0.2) is 15.9 Å². The monoisotopic (exact) mass is 287 g/mol. The zero-order valence-electron chi connectivity index (χ0n) is 8.20. The molecule has 0 aliphatic carbocycles. The molecular weight excluding hydrogens is 278 g/mol. The molecular formula is C10H10BrNO2S. The molecule has 1 aromatic heterocycles. The number of likely N-dealkylation sites (tertiary alicyclic amines) is 1. The first-order chi connectivity index (χ1) is 7.08. The third-order valence-electron chi connectivity index (χ3n) is 2.41. The topological polar surface area (TPSA) is 37.4 Å². The van der Waals surface area contributed by atoms with Crippen LogP contribution in [0.5, 0.6) is 0 Å². The first kappa shape index (κ1) is 10.8. The second-order valence-electron chi connectivity index (χ2n) is 3.65. The largest absolute Gasteiger partial charge is 0.277 e. The van der Waals surface area contributed by atoms with E-state index in [1.165, 1.54) is 4.90 Å². The van der Waals surface area contributed by atoms with Crippen LogP contribution in [0.2, 0.25) is 0 Å². The van der Waals surface area contributed by atoms with Gasteiger partial charge in [-0.2, -0.15) is 0 Å². The van der Waals surface area contributed by atoms with Gasteiger partial charge < -0.3 is 0 Å². The lowest BCUT2D eigenvalue weighted by Crippen LogP contribution is -2.29. The molecule has 2 rings (SSSR count). The third-order valence-corrected chi connectivity index (χ3v) is 4.09. The number of thiophene rings is 1. The first-order valence-electron chi connectivity index (χ1n) is 4.65. The number of carbonyl (C=O) groups excluding carboxylic acids is 2. The maximum absolute atomic E-state index is 11.6. The number of rotatable bonds is 2. The van der Waals surface area contributed by atoms with Crippen LogP contribution in [0.25, 0.3) is 0 Å². The minimum atomic E-state index is -0.152. The van der Waals surface area contributed by atoms with Crippen molar-refractivity contribution < 1.29 is 9.59 Å². The molecule has 0 bridgehead atoms. The van der Waals surface area contributed by atoms with E-state index in [0.29, 0.717) is 13.0 Å². The minimum Gasteiger partial charge on any atom is -0.277 e. The Labute approximate surface area is 100 Å². The summed E-state index contributed by atoms with van der Waals surface area (Å²) in [5.74, 6) is -0.262. The highest BCUT2D eigenvalue weighted by Crippen LogP contribution is 2.25. The first-order valence-corrected chi connectivity index (χ1v) is 6.32. The highest BCUT2D eigenvalue weighted by Gasteiger charge is 2.35. The summed E-state index contributed by atoms with van der Waals surface area (Å²) in [6.07, 6.45) is 0.353. The van der Waals surface area contributed by atoms with Crippen molar-refractivity contribution in [1.29, 1.82) is 0 Å². The molecule has 0 spiro atoms. The molecule has 2 amide bonds. The van der Waals surface area contributed by atoms with Crippen molar-refractivity contribution in [2.45, 2.75) is 19.9 Å². The van der Waals surface area contributed by atoms with Gasteiger partial charge in [0.05, 0.1) is 6.54 Å². The molecule has 1 aliphatic heterocycles. The molecule has 1 aliphatic rings. The van der Waals surface area contributed by atoms with E-state index in [0.717, 1.165) is 9.35 Å². The Morgan fingerprint density at radius 1 is 1.60 bits per heavy atom. The lowest BCUT2D eigenvalue weighted by molar-refractivity contribution is -0.139. The number of hydrogen-bond acceptors (Lipinski definition) is 3. The van der Waals surface area contributed by atoms with Gasteiger partial charge in [0.1, 0.15) is 0 Å².